The van der Waals surface area contributed by atoms with E-state index in [0.717, 1.165) is 77.4 Å². The van der Waals surface area contributed by atoms with E-state index in [9.17, 15) is 0 Å². The zero-order valence-corrected chi connectivity index (χ0v) is 16.0. The minimum Gasteiger partial charge on any atom is -0.383 e. The molecule has 6 heteroatoms. The number of hydrogen-bond donors (Lipinski definition) is 2. The van der Waals surface area contributed by atoms with Gasteiger partial charge in [-0.3, -0.25) is 9.89 Å². The molecule has 0 aromatic heterocycles. The van der Waals surface area contributed by atoms with Crippen molar-refractivity contribution in [3.8, 4) is 0 Å². The van der Waals surface area contributed by atoms with Crippen molar-refractivity contribution in [3.05, 3.63) is 0 Å². The summed E-state index contributed by atoms with van der Waals surface area (Å²) in [5.41, 5.74) is 0. The number of rotatable bonds is 15. The molecule has 0 atom stereocenters. The molecular formula is C18H38N4O2. The molecular weight excluding hydrogens is 304 g/mol. The molecule has 1 fully saturated rings. The summed E-state index contributed by atoms with van der Waals surface area (Å²) in [5, 5.41) is 6.75. The van der Waals surface area contributed by atoms with Gasteiger partial charge in [-0.2, -0.15) is 0 Å². The maximum atomic E-state index is 5.57. The average Bonchev–Trinajstić information content (AvgIpc) is 3.42. The number of methoxy groups -OCH3 is 1. The standard InChI is InChI=1S/C18H38N4O2/c1-4-6-14-24-15-7-10-20-18(19-5-2)21-11-12-22(13-16-23-3)17-8-9-17/h17H,4-16H2,1-3H3,(H2,19,20,21). The number of ether oxygens (including phenoxy) is 2. The van der Waals surface area contributed by atoms with Crippen LogP contribution in [0.4, 0.5) is 0 Å². The predicted octanol–water partition coefficient (Wildman–Crippen LogP) is 1.86. The first-order valence-corrected chi connectivity index (χ1v) is 9.64. The van der Waals surface area contributed by atoms with Crippen LogP contribution in [0.3, 0.4) is 0 Å². The van der Waals surface area contributed by atoms with Crippen molar-refractivity contribution in [1.29, 1.82) is 0 Å². The van der Waals surface area contributed by atoms with E-state index in [1.54, 1.807) is 7.11 Å². The largest absolute Gasteiger partial charge is 0.383 e. The second kappa shape index (κ2) is 14.5. The molecule has 24 heavy (non-hydrogen) atoms. The van der Waals surface area contributed by atoms with Gasteiger partial charge in [-0.25, -0.2) is 0 Å². The quantitative estimate of drug-likeness (QED) is 0.270. The van der Waals surface area contributed by atoms with Gasteiger partial charge in [0, 0.05) is 59.1 Å². The van der Waals surface area contributed by atoms with Crippen molar-refractivity contribution < 1.29 is 9.47 Å². The van der Waals surface area contributed by atoms with Crippen LogP contribution in [-0.4, -0.2) is 76.6 Å². The van der Waals surface area contributed by atoms with E-state index in [-0.39, 0.29) is 0 Å². The molecule has 1 saturated carbocycles. The second-order valence-corrected chi connectivity index (χ2v) is 6.27. The third-order valence-corrected chi connectivity index (χ3v) is 4.04. The molecule has 0 radical (unpaired) electrons. The first-order valence-electron chi connectivity index (χ1n) is 9.64. The van der Waals surface area contributed by atoms with Gasteiger partial charge in [-0.1, -0.05) is 13.3 Å². The third-order valence-electron chi connectivity index (χ3n) is 4.04. The van der Waals surface area contributed by atoms with Gasteiger partial charge in [0.2, 0.25) is 0 Å². The minimum absolute atomic E-state index is 0.766. The Balaban J connectivity index is 2.17. The molecule has 0 aliphatic heterocycles. The van der Waals surface area contributed by atoms with Crippen molar-refractivity contribution in [1.82, 2.24) is 15.5 Å². The number of unbranched alkanes of at least 4 members (excludes halogenated alkanes) is 1. The summed E-state index contributed by atoms with van der Waals surface area (Å²) in [6, 6.07) is 0.766. The summed E-state index contributed by atoms with van der Waals surface area (Å²) >= 11 is 0. The maximum absolute atomic E-state index is 5.57. The molecule has 1 aliphatic carbocycles. The molecule has 0 bridgehead atoms. The third kappa shape index (κ3) is 10.8. The van der Waals surface area contributed by atoms with Crippen LogP contribution in [0.2, 0.25) is 0 Å². The van der Waals surface area contributed by atoms with E-state index in [1.807, 2.05) is 0 Å². The highest BCUT2D eigenvalue weighted by Gasteiger charge is 2.28. The molecule has 0 saturated heterocycles. The summed E-state index contributed by atoms with van der Waals surface area (Å²) in [6.45, 7) is 11.4. The van der Waals surface area contributed by atoms with Crippen molar-refractivity contribution in [3.63, 3.8) is 0 Å². The smallest absolute Gasteiger partial charge is 0.191 e. The van der Waals surface area contributed by atoms with Crippen molar-refractivity contribution in [2.24, 2.45) is 4.99 Å². The van der Waals surface area contributed by atoms with Gasteiger partial charge >= 0.3 is 0 Å². The number of guanidine groups is 1. The van der Waals surface area contributed by atoms with Crippen LogP contribution < -0.4 is 10.6 Å². The van der Waals surface area contributed by atoms with Gasteiger partial charge < -0.3 is 20.1 Å². The Labute approximate surface area is 148 Å². The Hall–Kier alpha value is -0.850. The van der Waals surface area contributed by atoms with Crippen LogP contribution in [0.5, 0.6) is 0 Å². The van der Waals surface area contributed by atoms with E-state index in [4.69, 9.17) is 9.47 Å². The first kappa shape index (κ1) is 21.2. The fraction of sp³-hybridized carbons (Fsp3) is 0.944. The van der Waals surface area contributed by atoms with E-state index in [2.05, 4.69) is 34.4 Å². The topological polar surface area (TPSA) is 58.1 Å². The molecule has 1 aliphatic rings. The Morgan fingerprint density at radius 3 is 2.54 bits per heavy atom. The van der Waals surface area contributed by atoms with E-state index in [1.165, 1.54) is 19.3 Å². The molecule has 0 aromatic carbocycles. The number of nitrogens with zero attached hydrogens (tertiary/aromatic N) is 2. The van der Waals surface area contributed by atoms with Crippen molar-refractivity contribution >= 4 is 5.96 Å². The van der Waals surface area contributed by atoms with Crippen molar-refractivity contribution in [2.75, 3.05) is 59.7 Å². The van der Waals surface area contributed by atoms with Gasteiger partial charge in [0.05, 0.1) is 6.61 Å². The number of hydrogen-bond acceptors (Lipinski definition) is 4. The molecule has 1 rings (SSSR count). The van der Waals surface area contributed by atoms with Crippen LogP contribution in [-0.2, 0) is 9.47 Å². The lowest BCUT2D eigenvalue weighted by Crippen LogP contribution is -2.42. The summed E-state index contributed by atoms with van der Waals surface area (Å²) in [5.74, 6) is 0.911. The molecule has 142 valence electrons. The lowest BCUT2D eigenvalue weighted by atomic mass is 10.4. The molecule has 6 nitrogen and oxygen atoms in total. The van der Waals surface area contributed by atoms with Crippen LogP contribution in [0, 0.1) is 0 Å². The van der Waals surface area contributed by atoms with Crippen LogP contribution in [0.25, 0.3) is 0 Å². The Bertz CT molecular complexity index is 322. The monoisotopic (exact) mass is 342 g/mol. The predicted molar refractivity (Wildman–Crippen MR) is 101 cm³/mol. The lowest BCUT2D eigenvalue weighted by molar-refractivity contribution is 0.130. The summed E-state index contributed by atoms with van der Waals surface area (Å²) < 4.78 is 10.8. The normalized spacial score (nSPS) is 15.1. The van der Waals surface area contributed by atoms with Gasteiger partial charge in [-0.15, -0.1) is 0 Å². The minimum atomic E-state index is 0.766. The Morgan fingerprint density at radius 2 is 1.88 bits per heavy atom. The maximum Gasteiger partial charge on any atom is 0.191 e. The van der Waals surface area contributed by atoms with Crippen molar-refractivity contribution in [2.45, 2.75) is 52.0 Å². The molecule has 0 unspecified atom stereocenters. The Morgan fingerprint density at radius 1 is 1.08 bits per heavy atom. The molecule has 0 aromatic rings. The molecule has 0 spiro atoms. The first-order chi connectivity index (χ1) is 11.8. The second-order valence-electron chi connectivity index (χ2n) is 6.27. The number of aliphatic imine (C=N–C) groups is 1. The van der Waals surface area contributed by atoms with E-state index < -0.39 is 0 Å². The summed E-state index contributed by atoms with van der Waals surface area (Å²) in [7, 11) is 1.77. The Kier molecular flexibility index (Phi) is 12.8. The highest BCUT2D eigenvalue weighted by molar-refractivity contribution is 5.79. The van der Waals surface area contributed by atoms with E-state index >= 15 is 0 Å². The zero-order chi connectivity index (χ0) is 17.5. The SMILES string of the molecule is CCCCOCCCN=C(NCC)NCCN(CCOC)C1CC1. The van der Waals surface area contributed by atoms with Gasteiger partial charge in [0.1, 0.15) is 0 Å². The molecule has 2 N–H and O–H groups in total. The summed E-state index contributed by atoms with van der Waals surface area (Å²) in [6.07, 6.45) is 5.97. The van der Waals surface area contributed by atoms with E-state index in [0.29, 0.717) is 0 Å². The van der Waals surface area contributed by atoms with Crippen LogP contribution >= 0.6 is 0 Å². The van der Waals surface area contributed by atoms with Gasteiger partial charge in [0.25, 0.3) is 0 Å². The van der Waals surface area contributed by atoms with Gasteiger partial charge in [0.15, 0.2) is 5.96 Å². The highest BCUT2D eigenvalue weighted by atomic mass is 16.5. The fourth-order valence-electron chi connectivity index (χ4n) is 2.49. The van der Waals surface area contributed by atoms with Crippen LogP contribution in [0.1, 0.15) is 46.0 Å². The van der Waals surface area contributed by atoms with Gasteiger partial charge in [-0.05, 0) is 32.6 Å². The highest BCUT2D eigenvalue weighted by Crippen LogP contribution is 2.25. The van der Waals surface area contributed by atoms with Crippen LogP contribution in [0.15, 0.2) is 4.99 Å². The molecule has 0 amide bonds. The number of nitrogens with one attached hydrogen (secondary N) is 2. The summed E-state index contributed by atoms with van der Waals surface area (Å²) in [4.78, 5) is 7.14. The average molecular weight is 343 g/mol. The zero-order valence-electron chi connectivity index (χ0n) is 16.0. The fourth-order valence-corrected chi connectivity index (χ4v) is 2.49. The lowest BCUT2D eigenvalue weighted by Gasteiger charge is -2.22. The molecule has 0 heterocycles.